The number of amides is 2. The molecule has 3 heterocycles. The maximum atomic E-state index is 13.5. The second-order valence-electron chi connectivity index (χ2n) is 10.4. The molecule has 214 valence electrons. The molecule has 0 atom stereocenters. The first-order chi connectivity index (χ1) is 18.8. The van der Waals surface area contributed by atoms with Crippen LogP contribution < -0.4 is 5.32 Å². The summed E-state index contributed by atoms with van der Waals surface area (Å²) >= 11 is 1.49. The van der Waals surface area contributed by atoms with E-state index in [1.807, 2.05) is 18.7 Å². The normalized spacial score (nSPS) is 16.1. The zero-order valence-corrected chi connectivity index (χ0v) is 25.1. The summed E-state index contributed by atoms with van der Waals surface area (Å²) in [5.74, 6) is -0.333. The number of thiophene rings is 1. The number of hydrogen-bond acceptors (Lipinski definition) is 6. The highest BCUT2D eigenvalue weighted by atomic mass is 32.2. The molecular formula is C29H42N4O4S2. The SMILES string of the molecule is CCCCN(CCCC)S(=O)(=O)c1ccc(C(=O)Nc2sc3c(c2C(=O)N2CCCC2)CCN(CC)C3)cc1. The number of nitrogens with one attached hydrogen (secondary N) is 1. The molecule has 10 heteroatoms. The van der Waals surface area contributed by atoms with Gasteiger partial charge in [-0.25, -0.2) is 8.42 Å². The molecule has 0 radical (unpaired) electrons. The van der Waals surface area contributed by atoms with Crippen LogP contribution in [0.3, 0.4) is 0 Å². The number of fused-ring (bicyclic) bond motifs is 1. The van der Waals surface area contributed by atoms with Crippen molar-refractivity contribution in [3.8, 4) is 0 Å². The lowest BCUT2D eigenvalue weighted by Gasteiger charge is -2.26. The van der Waals surface area contributed by atoms with E-state index in [1.165, 1.54) is 23.5 Å². The summed E-state index contributed by atoms with van der Waals surface area (Å²) in [7, 11) is -3.64. The van der Waals surface area contributed by atoms with Gasteiger partial charge in [0.15, 0.2) is 0 Å². The van der Waals surface area contributed by atoms with Crippen molar-refractivity contribution in [1.82, 2.24) is 14.1 Å². The number of carbonyl (C=O) groups excluding carboxylic acids is 2. The lowest BCUT2D eigenvalue weighted by Crippen LogP contribution is -2.33. The predicted octanol–water partition coefficient (Wildman–Crippen LogP) is 5.21. The first-order valence-corrected chi connectivity index (χ1v) is 16.6. The van der Waals surface area contributed by atoms with Crippen LogP contribution in [0.2, 0.25) is 0 Å². The molecule has 1 saturated heterocycles. The zero-order chi connectivity index (χ0) is 28.0. The van der Waals surface area contributed by atoms with E-state index in [-0.39, 0.29) is 16.7 Å². The van der Waals surface area contributed by atoms with Crippen molar-refractivity contribution < 1.29 is 18.0 Å². The van der Waals surface area contributed by atoms with Crippen LogP contribution in [0.4, 0.5) is 5.00 Å². The van der Waals surface area contributed by atoms with Crippen LogP contribution in [-0.2, 0) is 23.0 Å². The Balaban J connectivity index is 1.56. The Kier molecular flexibility index (Phi) is 10.2. The number of rotatable bonds is 12. The van der Waals surface area contributed by atoms with Crippen molar-refractivity contribution in [2.24, 2.45) is 0 Å². The Morgan fingerprint density at radius 3 is 2.21 bits per heavy atom. The second kappa shape index (κ2) is 13.4. The maximum absolute atomic E-state index is 13.5. The average molecular weight is 575 g/mol. The van der Waals surface area contributed by atoms with Gasteiger partial charge in [-0.3, -0.25) is 14.5 Å². The van der Waals surface area contributed by atoms with Gasteiger partial charge < -0.3 is 10.2 Å². The maximum Gasteiger partial charge on any atom is 0.257 e. The van der Waals surface area contributed by atoms with Crippen molar-refractivity contribution in [2.45, 2.75) is 77.2 Å². The van der Waals surface area contributed by atoms with Crippen molar-refractivity contribution in [3.05, 3.63) is 45.8 Å². The van der Waals surface area contributed by atoms with E-state index in [0.29, 0.717) is 29.2 Å². The smallest absolute Gasteiger partial charge is 0.257 e. The van der Waals surface area contributed by atoms with Gasteiger partial charge in [0.2, 0.25) is 10.0 Å². The quantitative estimate of drug-likeness (QED) is 0.376. The summed E-state index contributed by atoms with van der Waals surface area (Å²) in [6.45, 7) is 11.3. The van der Waals surface area contributed by atoms with Crippen molar-refractivity contribution in [2.75, 3.05) is 44.6 Å². The molecule has 2 amide bonds. The predicted molar refractivity (Wildman–Crippen MR) is 157 cm³/mol. The van der Waals surface area contributed by atoms with Crippen LogP contribution >= 0.6 is 11.3 Å². The third-order valence-corrected chi connectivity index (χ3v) is 10.7. The van der Waals surface area contributed by atoms with Gasteiger partial charge in [-0.15, -0.1) is 11.3 Å². The van der Waals surface area contributed by atoms with Crippen LogP contribution in [0.15, 0.2) is 29.2 Å². The third kappa shape index (κ3) is 6.73. The Bertz CT molecular complexity index is 1240. The summed E-state index contributed by atoms with van der Waals surface area (Å²) < 4.78 is 28.2. The van der Waals surface area contributed by atoms with Gasteiger partial charge >= 0.3 is 0 Å². The zero-order valence-electron chi connectivity index (χ0n) is 23.5. The fraction of sp³-hybridized carbons (Fsp3) is 0.586. The molecule has 1 aromatic carbocycles. The lowest BCUT2D eigenvalue weighted by molar-refractivity contribution is 0.0792. The Morgan fingerprint density at radius 2 is 1.62 bits per heavy atom. The molecule has 8 nitrogen and oxygen atoms in total. The number of nitrogens with zero attached hydrogens (tertiary/aromatic N) is 3. The molecule has 0 aliphatic carbocycles. The molecule has 1 aromatic heterocycles. The fourth-order valence-corrected chi connectivity index (χ4v) is 8.04. The number of benzene rings is 1. The topological polar surface area (TPSA) is 90.0 Å². The van der Waals surface area contributed by atoms with Gasteiger partial charge in [0.25, 0.3) is 11.8 Å². The van der Waals surface area contributed by atoms with Crippen molar-refractivity contribution >= 4 is 38.2 Å². The average Bonchev–Trinajstić information content (AvgIpc) is 3.60. The van der Waals surface area contributed by atoms with Crippen LogP contribution in [0.1, 0.15) is 90.5 Å². The minimum absolute atomic E-state index is 0.00550. The van der Waals surface area contributed by atoms with Crippen LogP contribution in [-0.4, -0.2) is 73.6 Å². The molecule has 2 aliphatic rings. The first-order valence-electron chi connectivity index (χ1n) is 14.4. The number of sulfonamides is 1. The van der Waals surface area contributed by atoms with Crippen LogP contribution in [0, 0.1) is 0 Å². The van der Waals surface area contributed by atoms with Gasteiger partial charge in [-0.1, -0.05) is 33.6 Å². The summed E-state index contributed by atoms with van der Waals surface area (Å²) in [6, 6.07) is 6.16. The van der Waals surface area contributed by atoms with E-state index in [1.54, 1.807) is 16.4 Å². The van der Waals surface area contributed by atoms with E-state index in [0.717, 1.165) is 88.1 Å². The van der Waals surface area contributed by atoms with Crippen molar-refractivity contribution in [1.29, 1.82) is 0 Å². The van der Waals surface area contributed by atoms with Crippen LogP contribution in [0.25, 0.3) is 0 Å². The Morgan fingerprint density at radius 1 is 0.974 bits per heavy atom. The minimum atomic E-state index is -3.64. The molecule has 2 aromatic rings. The highest BCUT2D eigenvalue weighted by Crippen LogP contribution is 2.38. The van der Waals surface area contributed by atoms with Gasteiger partial charge in [-0.2, -0.15) is 4.31 Å². The fourth-order valence-electron chi connectivity index (χ4n) is 5.24. The van der Waals surface area contributed by atoms with Crippen molar-refractivity contribution in [3.63, 3.8) is 0 Å². The number of likely N-dealkylation sites (tertiary alicyclic amines) is 1. The second-order valence-corrected chi connectivity index (χ2v) is 13.5. The third-order valence-electron chi connectivity index (χ3n) is 7.69. The Hall–Kier alpha value is -2.27. The highest BCUT2D eigenvalue weighted by Gasteiger charge is 2.32. The first kappa shape index (κ1) is 29.7. The van der Waals surface area contributed by atoms with E-state index in [9.17, 15) is 18.0 Å². The number of likely N-dealkylation sites (N-methyl/N-ethyl adjacent to an activating group) is 1. The molecule has 39 heavy (non-hydrogen) atoms. The molecular weight excluding hydrogens is 532 g/mol. The molecule has 1 fully saturated rings. The molecule has 0 unspecified atom stereocenters. The summed E-state index contributed by atoms with van der Waals surface area (Å²) in [5.41, 5.74) is 2.07. The minimum Gasteiger partial charge on any atom is -0.339 e. The number of hydrogen-bond donors (Lipinski definition) is 1. The van der Waals surface area contributed by atoms with E-state index >= 15 is 0 Å². The summed E-state index contributed by atoms with van der Waals surface area (Å²) in [6.07, 6.45) is 6.26. The van der Waals surface area contributed by atoms with Crippen LogP contribution in [0.5, 0.6) is 0 Å². The van der Waals surface area contributed by atoms with E-state index in [2.05, 4.69) is 17.1 Å². The summed E-state index contributed by atoms with van der Waals surface area (Å²) in [4.78, 5) is 32.4. The standard InChI is InChI=1S/C29H42N4O4S2/c1-4-7-18-33(19-8-5-2)39(36,37)23-13-11-22(12-14-23)27(34)30-28-26(29(35)32-16-9-10-17-32)24-15-20-31(6-3)21-25(24)38-28/h11-14H,4-10,15-21H2,1-3H3,(H,30,34). The van der Waals surface area contributed by atoms with Gasteiger partial charge in [0.05, 0.1) is 10.5 Å². The van der Waals surface area contributed by atoms with Gasteiger partial charge in [0, 0.05) is 49.7 Å². The molecule has 0 spiro atoms. The number of unbranched alkanes of at least 4 members (excludes halogenated alkanes) is 2. The van der Waals surface area contributed by atoms with E-state index in [4.69, 9.17) is 0 Å². The monoisotopic (exact) mass is 574 g/mol. The molecule has 0 bridgehead atoms. The molecule has 4 rings (SSSR count). The molecule has 1 N–H and O–H groups in total. The highest BCUT2D eigenvalue weighted by molar-refractivity contribution is 7.89. The van der Waals surface area contributed by atoms with Gasteiger partial charge in [-0.05, 0) is 68.5 Å². The summed E-state index contributed by atoms with van der Waals surface area (Å²) in [5, 5.41) is 3.61. The number of anilines is 1. The Labute approximate surface area is 237 Å². The lowest BCUT2D eigenvalue weighted by atomic mass is 10.0. The van der Waals surface area contributed by atoms with Gasteiger partial charge in [0.1, 0.15) is 5.00 Å². The number of carbonyl (C=O) groups is 2. The van der Waals surface area contributed by atoms with E-state index < -0.39 is 10.0 Å². The molecule has 0 saturated carbocycles. The largest absolute Gasteiger partial charge is 0.339 e. The molecule has 2 aliphatic heterocycles.